The summed E-state index contributed by atoms with van der Waals surface area (Å²) in [5.74, 6) is -1.03. The van der Waals surface area contributed by atoms with Crippen LogP contribution in [-0.2, 0) is 13.9 Å². The first kappa shape index (κ1) is 21.0. The molecule has 1 fully saturated rings. The summed E-state index contributed by atoms with van der Waals surface area (Å²) < 4.78 is 32.6. The quantitative estimate of drug-likeness (QED) is 0.757. The van der Waals surface area contributed by atoms with E-state index in [1.807, 2.05) is 11.9 Å². The van der Waals surface area contributed by atoms with E-state index >= 15 is 0 Å². The Balaban J connectivity index is 2.17. The number of nitrogens with zero attached hydrogens (tertiary/aromatic N) is 1. The largest absolute Gasteiger partial charge is 0.414 e. The van der Waals surface area contributed by atoms with Crippen LogP contribution >= 0.6 is 0 Å². The third-order valence-corrected chi connectivity index (χ3v) is 9.71. The van der Waals surface area contributed by atoms with Crippen molar-refractivity contribution in [2.75, 3.05) is 13.2 Å². The highest BCUT2D eigenvalue weighted by Gasteiger charge is 2.42. The van der Waals surface area contributed by atoms with Crippen LogP contribution in [0.25, 0.3) is 0 Å². The van der Waals surface area contributed by atoms with Gasteiger partial charge in [0.1, 0.15) is 12.3 Å². The normalized spacial score (nSPS) is 24.2. The van der Waals surface area contributed by atoms with E-state index in [0.29, 0.717) is 19.6 Å². The number of hydrogen-bond acceptors (Lipinski definition) is 5. The zero-order valence-corrected chi connectivity index (χ0v) is 17.3. The summed E-state index contributed by atoms with van der Waals surface area (Å²) in [6.45, 7) is 13.5. The first-order valence-electron chi connectivity index (χ1n) is 8.88. The van der Waals surface area contributed by atoms with E-state index in [-0.39, 0.29) is 17.2 Å². The van der Waals surface area contributed by atoms with E-state index in [9.17, 15) is 14.0 Å². The lowest BCUT2D eigenvalue weighted by molar-refractivity contribution is -0.0580. The minimum atomic E-state index is -1.97. The molecule has 0 amide bonds. The summed E-state index contributed by atoms with van der Waals surface area (Å²) >= 11 is 0. The molecule has 1 aromatic heterocycles. The first-order valence-corrected chi connectivity index (χ1v) is 11.8. The lowest BCUT2D eigenvalue weighted by Crippen LogP contribution is -2.44. The highest BCUT2D eigenvalue weighted by atomic mass is 28.4. The molecule has 1 aliphatic rings. The fourth-order valence-electron chi connectivity index (χ4n) is 2.59. The van der Waals surface area contributed by atoms with Crippen molar-refractivity contribution in [3.05, 3.63) is 32.9 Å². The van der Waals surface area contributed by atoms with Crippen LogP contribution in [0.5, 0.6) is 0 Å². The second kappa shape index (κ2) is 7.75. The van der Waals surface area contributed by atoms with Crippen molar-refractivity contribution in [2.45, 2.75) is 70.7 Å². The van der Waals surface area contributed by atoms with Gasteiger partial charge in [-0.1, -0.05) is 20.8 Å². The Kier molecular flexibility index (Phi) is 6.27. The van der Waals surface area contributed by atoms with Crippen molar-refractivity contribution >= 4 is 8.32 Å². The molecule has 1 aromatic rings. The predicted molar refractivity (Wildman–Crippen MR) is 98.4 cm³/mol. The molecule has 0 aromatic carbocycles. The van der Waals surface area contributed by atoms with E-state index in [1.165, 1.54) is 0 Å². The molecule has 2 rings (SSSR count). The molecule has 3 atom stereocenters. The monoisotopic (exact) mass is 388 g/mol. The molecule has 0 aliphatic carbocycles. The Hall–Kier alpha value is -1.29. The van der Waals surface area contributed by atoms with Crippen LogP contribution in [0.15, 0.2) is 15.8 Å². The van der Waals surface area contributed by atoms with Crippen molar-refractivity contribution in [2.24, 2.45) is 0 Å². The van der Waals surface area contributed by atoms with Gasteiger partial charge in [-0.25, -0.2) is 4.79 Å². The molecule has 0 unspecified atom stereocenters. The van der Waals surface area contributed by atoms with Gasteiger partial charge in [0.05, 0.1) is 18.9 Å². The van der Waals surface area contributed by atoms with Gasteiger partial charge in [0, 0.05) is 13.0 Å². The van der Waals surface area contributed by atoms with Crippen LogP contribution in [0.2, 0.25) is 18.1 Å². The summed E-state index contributed by atoms with van der Waals surface area (Å²) in [6.07, 6.45) is -0.0810. The maximum atomic E-state index is 13.6. The molecule has 0 spiro atoms. The zero-order valence-electron chi connectivity index (χ0n) is 16.3. The number of hydrogen-bond donors (Lipinski definition) is 1. The number of nitrogens with one attached hydrogen (secondary N) is 1. The first-order chi connectivity index (χ1) is 12.0. The molecule has 0 radical (unpaired) electrons. The molecular formula is C17H29FN2O5Si. The van der Waals surface area contributed by atoms with E-state index in [4.69, 9.17) is 13.9 Å². The second-order valence-corrected chi connectivity index (χ2v) is 12.9. The molecule has 9 heteroatoms. The minimum absolute atomic E-state index is 0.0606. The SMILES string of the molecule is CCO[C@H]1C[C@H](n2cc(F)c(=O)[nH]c2=O)O[C@@H]1CO[Si](C)(C)C(C)(C)C. The molecular weight excluding hydrogens is 359 g/mol. The van der Waals surface area contributed by atoms with Gasteiger partial charge in [0.25, 0.3) is 5.56 Å². The van der Waals surface area contributed by atoms with E-state index in [1.54, 1.807) is 0 Å². The summed E-state index contributed by atoms with van der Waals surface area (Å²) in [4.78, 5) is 25.2. The van der Waals surface area contributed by atoms with Gasteiger partial charge in [-0.15, -0.1) is 0 Å². The van der Waals surface area contributed by atoms with Gasteiger partial charge in [0.2, 0.25) is 5.82 Å². The summed E-state index contributed by atoms with van der Waals surface area (Å²) in [5, 5.41) is 0.0606. The smallest absolute Gasteiger partial charge is 0.330 e. The second-order valence-electron chi connectivity index (χ2n) is 8.07. The highest BCUT2D eigenvalue weighted by Crippen LogP contribution is 2.38. The maximum Gasteiger partial charge on any atom is 0.330 e. The van der Waals surface area contributed by atoms with Gasteiger partial charge in [-0.05, 0) is 25.1 Å². The van der Waals surface area contributed by atoms with E-state index in [2.05, 4.69) is 33.9 Å². The number of rotatable bonds is 6. The lowest BCUT2D eigenvalue weighted by Gasteiger charge is -2.37. The summed E-state index contributed by atoms with van der Waals surface area (Å²) in [5.41, 5.74) is -1.74. The van der Waals surface area contributed by atoms with Crippen LogP contribution in [0.4, 0.5) is 4.39 Å². The molecule has 1 N–H and O–H groups in total. The molecule has 2 heterocycles. The fourth-order valence-corrected chi connectivity index (χ4v) is 3.61. The third kappa shape index (κ3) is 4.51. The van der Waals surface area contributed by atoms with Crippen molar-refractivity contribution in [1.29, 1.82) is 0 Å². The van der Waals surface area contributed by atoms with E-state index in [0.717, 1.165) is 10.8 Å². The number of halogens is 1. The Morgan fingerprint density at radius 2 is 2.04 bits per heavy atom. The summed E-state index contributed by atoms with van der Waals surface area (Å²) in [6, 6.07) is 0. The van der Waals surface area contributed by atoms with E-state index < -0.39 is 31.6 Å². The summed E-state index contributed by atoms with van der Waals surface area (Å²) in [7, 11) is -1.97. The van der Waals surface area contributed by atoms with Gasteiger partial charge < -0.3 is 13.9 Å². The Morgan fingerprint density at radius 1 is 1.38 bits per heavy atom. The molecule has 148 valence electrons. The predicted octanol–water partition coefficient (Wildman–Crippen LogP) is 2.39. The van der Waals surface area contributed by atoms with Gasteiger partial charge in [-0.3, -0.25) is 14.3 Å². The molecule has 1 saturated heterocycles. The van der Waals surface area contributed by atoms with Gasteiger partial charge in [-0.2, -0.15) is 4.39 Å². The van der Waals surface area contributed by atoms with Gasteiger partial charge in [0.15, 0.2) is 8.32 Å². The van der Waals surface area contributed by atoms with Gasteiger partial charge >= 0.3 is 5.69 Å². The van der Waals surface area contributed by atoms with Crippen molar-refractivity contribution in [3.8, 4) is 0 Å². The van der Waals surface area contributed by atoms with Crippen LogP contribution < -0.4 is 11.2 Å². The average molecular weight is 389 g/mol. The number of ether oxygens (including phenoxy) is 2. The Morgan fingerprint density at radius 3 is 2.62 bits per heavy atom. The van der Waals surface area contributed by atoms with Crippen LogP contribution in [-0.4, -0.2) is 43.3 Å². The highest BCUT2D eigenvalue weighted by molar-refractivity contribution is 6.74. The van der Waals surface area contributed by atoms with Crippen molar-refractivity contribution < 1.29 is 18.3 Å². The molecule has 0 saturated carbocycles. The Labute approximate surface area is 153 Å². The topological polar surface area (TPSA) is 82.6 Å². The maximum absolute atomic E-state index is 13.6. The number of aromatic amines is 1. The molecule has 1 aliphatic heterocycles. The fraction of sp³-hybridized carbons (Fsp3) is 0.765. The standard InChI is InChI=1S/C17H29FN2O5Si/c1-7-23-12-8-14(20-9-11(18)15(21)19-16(20)22)25-13(12)10-24-26(5,6)17(2,3)4/h9,12-14H,7-8,10H2,1-6H3,(H,19,21,22)/t12-,13+,14+/m0/s1. The Bertz CT molecular complexity index is 740. The zero-order chi connectivity index (χ0) is 19.7. The number of aromatic nitrogens is 2. The average Bonchev–Trinajstić information content (AvgIpc) is 2.91. The lowest BCUT2D eigenvalue weighted by atomic mass is 10.2. The molecule has 7 nitrogen and oxygen atoms in total. The molecule has 26 heavy (non-hydrogen) atoms. The van der Waals surface area contributed by atoms with Crippen LogP contribution in [0, 0.1) is 5.82 Å². The number of H-pyrrole nitrogens is 1. The minimum Gasteiger partial charge on any atom is -0.414 e. The van der Waals surface area contributed by atoms with Crippen LogP contribution in [0.1, 0.15) is 40.3 Å². The van der Waals surface area contributed by atoms with Crippen molar-refractivity contribution in [1.82, 2.24) is 9.55 Å². The van der Waals surface area contributed by atoms with Crippen LogP contribution in [0.3, 0.4) is 0 Å². The molecule has 0 bridgehead atoms. The third-order valence-electron chi connectivity index (χ3n) is 5.21. The van der Waals surface area contributed by atoms with Crippen molar-refractivity contribution in [3.63, 3.8) is 0 Å².